The first-order valence-corrected chi connectivity index (χ1v) is 8.14. The monoisotopic (exact) mass is 331 g/mol. The van der Waals surface area contributed by atoms with Crippen LogP contribution in [0.4, 0.5) is 0 Å². The molecule has 1 aliphatic heterocycles. The normalized spacial score (nSPS) is 17.1. The lowest BCUT2D eigenvalue weighted by Crippen LogP contribution is -2.13. The first-order valence-electron chi connectivity index (χ1n) is 8.14. The quantitative estimate of drug-likeness (QED) is 0.784. The lowest BCUT2D eigenvalue weighted by Gasteiger charge is -2.10. The van der Waals surface area contributed by atoms with Gasteiger partial charge < -0.3 is 14.2 Å². The van der Waals surface area contributed by atoms with E-state index in [9.17, 15) is 4.79 Å². The Morgan fingerprint density at radius 3 is 3.12 bits per heavy atom. The SMILES string of the molecule is CCOC(=O)c1n[nH]nc1-c1cccc(COCC2CCCO2)c1. The lowest BCUT2D eigenvalue weighted by molar-refractivity contribution is 0.0106. The molecule has 128 valence electrons. The topological polar surface area (TPSA) is 86.3 Å². The number of esters is 1. The lowest BCUT2D eigenvalue weighted by atomic mass is 10.1. The molecule has 1 fully saturated rings. The summed E-state index contributed by atoms with van der Waals surface area (Å²) < 4.78 is 16.3. The molecular formula is C17H21N3O4. The highest BCUT2D eigenvalue weighted by Crippen LogP contribution is 2.22. The van der Waals surface area contributed by atoms with Gasteiger partial charge in [0.05, 0.1) is 25.9 Å². The first kappa shape index (κ1) is 16.6. The molecule has 2 aromatic rings. The van der Waals surface area contributed by atoms with E-state index >= 15 is 0 Å². The molecule has 24 heavy (non-hydrogen) atoms. The summed E-state index contributed by atoms with van der Waals surface area (Å²) in [6, 6.07) is 7.70. The van der Waals surface area contributed by atoms with Gasteiger partial charge in [0.2, 0.25) is 0 Å². The molecule has 0 aliphatic carbocycles. The van der Waals surface area contributed by atoms with Gasteiger partial charge in [-0.25, -0.2) is 4.79 Å². The van der Waals surface area contributed by atoms with Crippen LogP contribution in [0.2, 0.25) is 0 Å². The van der Waals surface area contributed by atoms with Crippen molar-refractivity contribution in [1.29, 1.82) is 0 Å². The van der Waals surface area contributed by atoms with Gasteiger partial charge >= 0.3 is 5.97 Å². The van der Waals surface area contributed by atoms with Crippen molar-refractivity contribution in [3.8, 4) is 11.3 Å². The summed E-state index contributed by atoms with van der Waals surface area (Å²) in [4.78, 5) is 11.9. The summed E-state index contributed by atoms with van der Waals surface area (Å²) >= 11 is 0. The van der Waals surface area contributed by atoms with Crippen LogP contribution in [0.1, 0.15) is 35.8 Å². The molecule has 1 aromatic heterocycles. The van der Waals surface area contributed by atoms with Gasteiger partial charge in [0.15, 0.2) is 5.69 Å². The van der Waals surface area contributed by atoms with Crippen molar-refractivity contribution in [2.75, 3.05) is 19.8 Å². The molecule has 0 spiro atoms. The number of nitrogens with zero attached hydrogens (tertiary/aromatic N) is 2. The highest BCUT2D eigenvalue weighted by Gasteiger charge is 2.19. The zero-order chi connectivity index (χ0) is 16.8. The fraction of sp³-hybridized carbons (Fsp3) is 0.471. The summed E-state index contributed by atoms with van der Waals surface area (Å²) in [5.74, 6) is -0.485. The number of H-pyrrole nitrogens is 1. The average molecular weight is 331 g/mol. The third kappa shape index (κ3) is 3.98. The Kier molecular flexibility index (Phi) is 5.55. The van der Waals surface area contributed by atoms with Crippen molar-refractivity contribution >= 4 is 5.97 Å². The number of nitrogens with one attached hydrogen (secondary N) is 1. The van der Waals surface area contributed by atoms with E-state index in [4.69, 9.17) is 14.2 Å². The second-order valence-corrected chi connectivity index (χ2v) is 5.59. The summed E-state index contributed by atoms with van der Waals surface area (Å²) in [6.45, 7) is 3.96. The molecule has 2 heterocycles. The Balaban J connectivity index is 1.66. The molecule has 0 amide bonds. The van der Waals surface area contributed by atoms with Crippen LogP contribution in [0.5, 0.6) is 0 Å². The van der Waals surface area contributed by atoms with E-state index in [1.165, 1.54) is 0 Å². The average Bonchev–Trinajstić information content (AvgIpc) is 3.27. The van der Waals surface area contributed by atoms with Gasteiger partial charge in [-0.1, -0.05) is 18.2 Å². The number of rotatable bonds is 7. The van der Waals surface area contributed by atoms with Crippen molar-refractivity contribution in [2.45, 2.75) is 32.5 Å². The minimum atomic E-state index is -0.485. The fourth-order valence-corrected chi connectivity index (χ4v) is 2.67. The fourth-order valence-electron chi connectivity index (χ4n) is 2.67. The molecule has 0 saturated carbocycles. The minimum absolute atomic E-state index is 0.189. The summed E-state index contributed by atoms with van der Waals surface area (Å²) in [5, 5.41) is 10.5. The van der Waals surface area contributed by atoms with Gasteiger partial charge in [0, 0.05) is 12.2 Å². The van der Waals surface area contributed by atoms with Crippen LogP contribution in [0.15, 0.2) is 24.3 Å². The van der Waals surface area contributed by atoms with E-state index in [1.807, 2.05) is 24.3 Å². The second-order valence-electron chi connectivity index (χ2n) is 5.59. The number of hydrogen-bond acceptors (Lipinski definition) is 6. The van der Waals surface area contributed by atoms with Crippen molar-refractivity contribution in [3.05, 3.63) is 35.5 Å². The molecule has 1 atom stereocenters. The van der Waals surface area contributed by atoms with Crippen molar-refractivity contribution < 1.29 is 19.0 Å². The van der Waals surface area contributed by atoms with E-state index in [-0.39, 0.29) is 11.8 Å². The smallest absolute Gasteiger partial charge is 0.361 e. The number of carbonyl (C=O) groups is 1. The molecule has 0 bridgehead atoms. The van der Waals surface area contributed by atoms with Gasteiger partial charge in [-0.3, -0.25) is 0 Å². The molecule has 0 radical (unpaired) electrons. The van der Waals surface area contributed by atoms with Crippen LogP contribution in [0, 0.1) is 0 Å². The summed E-state index contributed by atoms with van der Waals surface area (Å²) in [5.41, 5.74) is 2.47. The van der Waals surface area contributed by atoms with E-state index in [2.05, 4.69) is 15.4 Å². The number of hydrogen-bond donors (Lipinski definition) is 1. The number of carbonyl (C=O) groups excluding carboxylic acids is 1. The molecule has 1 saturated heterocycles. The maximum absolute atomic E-state index is 11.9. The van der Waals surface area contributed by atoms with E-state index in [0.29, 0.717) is 25.5 Å². The largest absolute Gasteiger partial charge is 0.461 e. The maximum atomic E-state index is 11.9. The molecule has 7 heteroatoms. The minimum Gasteiger partial charge on any atom is -0.461 e. The van der Waals surface area contributed by atoms with Crippen molar-refractivity contribution in [2.24, 2.45) is 0 Å². The third-order valence-corrected chi connectivity index (χ3v) is 3.81. The van der Waals surface area contributed by atoms with Crippen molar-refractivity contribution in [3.63, 3.8) is 0 Å². The highest BCUT2D eigenvalue weighted by molar-refractivity contribution is 5.93. The second kappa shape index (κ2) is 8.03. The van der Waals surface area contributed by atoms with E-state index in [0.717, 1.165) is 30.6 Å². The van der Waals surface area contributed by atoms with Crippen LogP contribution in [-0.4, -0.2) is 47.3 Å². The molecule has 1 N–H and O–H groups in total. The number of aromatic nitrogens is 3. The molecule has 1 aliphatic rings. The number of ether oxygens (including phenoxy) is 3. The Bertz CT molecular complexity index is 680. The van der Waals surface area contributed by atoms with E-state index < -0.39 is 5.97 Å². The van der Waals surface area contributed by atoms with Crippen molar-refractivity contribution in [1.82, 2.24) is 15.4 Å². The van der Waals surface area contributed by atoms with E-state index in [1.54, 1.807) is 6.92 Å². The maximum Gasteiger partial charge on any atom is 0.361 e. The third-order valence-electron chi connectivity index (χ3n) is 3.81. The zero-order valence-electron chi connectivity index (χ0n) is 13.7. The standard InChI is InChI=1S/C17H21N3O4/c1-2-23-17(21)16-15(18-20-19-16)13-6-3-5-12(9-13)10-22-11-14-7-4-8-24-14/h3,5-6,9,14H,2,4,7-8,10-11H2,1H3,(H,18,19,20). The number of aromatic amines is 1. The van der Waals surface area contributed by atoms with Crippen LogP contribution < -0.4 is 0 Å². The van der Waals surface area contributed by atoms with Crippen LogP contribution in [0.25, 0.3) is 11.3 Å². The molecule has 3 rings (SSSR count). The van der Waals surface area contributed by atoms with Crippen LogP contribution in [-0.2, 0) is 20.8 Å². The number of benzene rings is 1. The molecule has 7 nitrogen and oxygen atoms in total. The highest BCUT2D eigenvalue weighted by atomic mass is 16.5. The Labute approximate surface area is 140 Å². The van der Waals surface area contributed by atoms with Gasteiger partial charge in [0.1, 0.15) is 5.69 Å². The first-order chi connectivity index (χ1) is 11.8. The Morgan fingerprint density at radius 1 is 1.42 bits per heavy atom. The summed E-state index contributed by atoms with van der Waals surface area (Å²) in [6.07, 6.45) is 2.37. The Morgan fingerprint density at radius 2 is 2.33 bits per heavy atom. The summed E-state index contributed by atoms with van der Waals surface area (Å²) in [7, 11) is 0. The molecular weight excluding hydrogens is 310 g/mol. The Hall–Kier alpha value is -2.25. The predicted octanol–water partition coefficient (Wildman–Crippen LogP) is 2.34. The predicted molar refractivity (Wildman–Crippen MR) is 86.4 cm³/mol. The zero-order valence-corrected chi connectivity index (χ0v) is 13.7. The van der Waals surface area contributed by atoms with Gasteiger partial charge in [0.25, 0.3) is 0 Å². The van der Waals surface area contributed by atoms with Gasteiger partial charge in [-0.2, -0.15) is 10.3 Å². The molecule has 1 aromatic carbocycles. The molecule has 1 unspecified atom stereocenters. The van der Waals surface area contributed by atoms with Gasteiger partial charge in [-0.05, 0) is 31.4 Å². The van der Waals surface area contributed by atoms with Crippen LogP contribution in [0.3, 0.4) is 0 Å². The van der Waals surface area contributed by atoms with Gasteiger partial charge in [-0.15, -0.1) is 5.10 Å². The van der Waals surface area contributed by atoms with Crippen LogP contribution >= 0.6 is 0 Å².